The van der Waals surface area contributed by atoms with Crippen LogP contribution in [0.2, 0.25) is 0 Å². The maximum Gasteiger partial charge on any atom is 0.311 e. The van der Waals surface area contributed by atoms with Gasteiger partial charge < -0.3 is 4.74 Å². The van der Waals surface area contributed by atoms with E-state index >= 15 is 0 Å². The van der Waals surface area contributed by atoms with E-state index in [4.69, 9.17) is 4.74 Å². The summed E-state index contributed by atoms with van der Waals surface area (Å²) in [6.07, 6.45) is 12.7. The van der Waals surface area contributed by atoms with Gasteiger partial charge in [-0.25, -0.2) is 4.98 Å². The smallest absolute Gasteiger partial charge is 0.311 e. The maximum absolute atomic E-state index is 12.3. The molecule has 5 heteroatoms. The molecule has 2 aromatic rings. The van der Waals surface area contributed by atoms with E-state index in [1.807, 2.05) is 0 Å². The van der Waals surface area contributed by atoms with Gasteiger partial charge in [0.2, 0.25) is 0 Å². The molecular formula is C26H37NO3S. The Labute approximate surface area is 191 Å². The van der Waals surface area contributed by atoms with E-state index in [0.29, 0.717) is 23.7 Å². The van der Waals surface area contributed by atoms with Gasteiger partial charge >= 0.3 is 5.97 Å². The summed E-state index contributed by atoms with van der Waals surface area (Å²) in [6.45, 7) is 4.39. The number of rotatable bonds is 16. The summed E-state index contributed by atoms with van der Waals surface area (Å²) in [4.78, 5) is 28.1. The highest BCUT2D eigenvalue weighted by Gasteiger charge is 2.13. The van der Waals surface area contributed by atoms with Crippen LogP contribution in [0.3, 0.4) is 0 Å². The molecule has 0 radical (unpaired) electrons. The van der Waals surface area contributed by atoms with Gasteiger partial charge in [-0.05, 0) is 50.2 Å². The first kappa shape index (κ1) is 25.3. The fraction of sp³-hybridized carbons (Fsp3) is 0.577. The van der Waals surface area contributed by atoms with Gasteiger partial charge in [-0.15, -0.1) is 11.3 Å². The first-order valence-corrected chi connectivity index (χ1v) is 12.7. The number of nitrogens with zero attached hydrogens (tertiary/aromatic N) is 1. The van der Waals surface area contributed by atoms with Crippen LogP contribution in [0, 0.1) is 0 Å². The van der Waals surface area contributed by atoms with Crippen LogP contribution >= 0.6 is 11.3 Å². The van der Waals surface area contributed by atoms with Gasteiger partial charge in [0.15, 0.2) is 10.8 Å². The molecule has 4 nitrogen and oxygen atoms in total. The monoisotopic (exact) mass is 443 g/mol. The number of unbranched alkanes of at least 4 members (excludes halogenated alkanes) is 6. The third-order valence-electron chi connectivity index (χ3n) is 5.38. The van der Waals surface area contributed by atoms with E-state index < -0.39 is 0 Å². The van der Waals surface area contributed by atoms with Gasteiger partial charge in [0, 0.05) is 11.8 Å². The lowest BCUT2D eigenvalue weighted by Crippen LogP contribution is -2.08. The molecular weight excluding hydrogens is 406 g/mol. The number of thiazole rings is 1. The van der Waals surface area contributed by atoms with E-state index in [-0.39, 0.29) is 18.2 Å². The third kappa shape index (κ3) is 10.2. The van der Waals surface area contributed by atoms with Crippen LogP contribution < -0.4 is 0 Å². The lowest BCUT2D eigenvalue weighted by molar-refractivity contribution is -0.142. The van der Waals surface area contributed by atoms with Crippen LogP contribution in [0.5, 0.6) is 0 Å². The number of ketones is 1. The first-order chi connectivity index (χ1) is 15.1. The van der Waals surface area contributed by atoms with Crippen LogP contribution in [-0.2, 0) is 28.8 Å². The zero-order valence-electron chi connectivity index (χ0n) is 19.2. The van der Waals surface area contributed by atoms with E-state index in [0.717, 1.165) is 19.3 Å². The second-order valence-corrected chi connectivity index (χ2v) is 8.95. The quantitative estimate of drug-likeness (QED) is 0.164. The Morgan fingerprint density at radius 1 is 0.871 bits per heavy atom. The summed E-state index contributed by atoms with van der Waals surface area (Å²) in [6, 6.07) is 8.98. The molecule has 0 bridgehead atoms. The van der Waals surface area contributed by atoms with Gasteiger partial charge in [-0.1, -0.05) is 63.3 Å². The van der Waals surface area contributed by atoms with Gasteiger partial charge in [0.25, 0.3) is 0 Å². The zero-order valence-corrected chi connectivity index (χ0v) is 20.0. The van der Waals surface area contributed by atoms with Crippen molar-refractivity contribution in [2.24, 2.45) is 0 Å². The largest absolute Gasteiger partial charge is 0.466 e. The van der Waals surface area contributed by atoms with Crippen molar-refractivity contribution in [3.05, 3.63) is 51.5 Å². The van der Waals surface area contributed by atoms with E-state index in [1.165, 1.54) is 67.4 Å². The van der Waals surface area contributed by atoms with E-state index in [9.17, 15) is 9.59 Å². The van der Waals surface area contributed by atoms with Crippen LogP contribution in [0.15, 0.2) is 29.6 Å². The molecule has 0 spiro atoms. The summed E-state index contributed by atoms with van der Waals surface area (Å²) in [5.74, 6) is -0.237. The molecule has 0 fully saturated rings. The van der Waals surface area contributed by atoms with E-state index in [1.54, 1.807) is 12.3 Å². The zero-order chi connectivity index (χ0) is 22.3. The molecule has 1 aromatic heterocycles. The van der Waals surface area contributed by atoms with Crippen molar-refractivity contribution < 1.29 is 14.3 Å². The molecule has 0 aliphatic carbocycles. The topological polar surface area (TPSA) is 56.3 Å². The molecule has 0 unspecified atom stereocenters. The molecule has 0 atom stereocenters. The van der Waals surface area contributed by atoms with Crippen molar-refractivity contribution >= 4 is 23.1 Å². The molecule has 31 heavy (non-hydrogen) atoms. The number of carbonyl (C=O) groups excluding carboxylic acids is 2. The molecule has 0 saturated heterocycles. The lowest BCUT2D eigenvalue weighted by atomic mass is 10.0. The predicted molar refractivity (Wildman–Crippen MR) is 128 cm³/mol. The summed E-state index contributed by atoms with van der Waals surface area (Å²) in [5.41, 5.74) is 3.38. The minimum atomic E-state index is -0.301. The molecule has 0 saturated carbocycles. The molecule has 2 rings (SSSR count). The molecule has 170 valence electrons. The van der Waals surface area contributed by atoms with Crippen molar-refractivity contribution in [1.82, 2.24) is 4.98 Å². The van der Waals surface area contributed by atoms with Crippen molar-refractivity contribution in [3.63, 3.8) is 0 Å². The minimum Gasteiger partial charge on any atom is -0.466 e. The van der Waals surface area contributed by atoms with Crippen LogP contribution in [-0.4, -0.2) is 23.3 Å². The third-order valence-corrected chi connectivity index (χ3v) is 6.31. The molecule has 0 aliphatic heterocycles. The number of benzene rings is 1. The molecule has 0 N–H and O–H groups in total. The number of carbonyl (C=O) groups is 2. The molecule has 0 aliphatic rings. The molecule has 1 aromatic carbocycles. The van der Waals surface area contributed by atoms with Gasteiger partial charge in [0.05, 0.1) is 18.7 Å². The maximum atomic E-state index is 12.3. The van der Waals surface area contributed by atoms with Crippen LogP contribution in [0.25, 0.3) is 0 Å². The summed E-state index contributed by atoms with van der Waals surface area (Å²) in [7, 11) is 0. The first-order valence-electron chi connectivity index (χ1n) is 11.8. The van der Waals surface area contributed by atoms with Crippen LogP contribution in [0.1, 0.15) is 98.3 Å². The fourth-order valence-corrected chi connectivity index (χ4v) is 4.37. The Balaban J connectivity index is 1.62. The Bertz CT molecular complexity index is 782. The second-order valence-electron chi connectivity index (χ2n) is 8.09. The van der Waals surface area contributed by atoms with Crippen molar-refractivity contribution in [2.75, 3.05) is 6.61 Å². The van der Waals surface area contributed by atoms with Crippen molar-refractivity contribution in [2.45, 2.75) is 90.9 Å². The number of Topliss-reactive ketones (excluding diaryl/α,β-unsaturated/α-hetero) is 1. The van der Waals surface area contributed by atoms with E-state index in [2.05, 4.69) is 36.2 Å². The Hall–Kier alpha value is -2.01. The summed E-state index contributed by atoms with van der Waals surface area (Å²) >= 11 is 1.32. The highest BCUT2D eigenvalue weighted by molar-refractivity contribution is 7.11. The fourth-order valence-electron chi connectivity index (χ4n) is 3.58. The predicted octanol–water partition coefficient (Wildman–Crippen LogP) is 6.75. The number of hydrogen-bond donors (Lipinski definition) is 0. The summed E-state index contributed by atoms with van der Waals surface area (Å²) < 4.78 is 4.92. The van der Waals surface area contributed by atoms with Gasteiger partial charge in [-0.2, -0.15) is 0 Å². The normalized spacial score (nSPS) is 10.9. The standard InChI is InChI=1S/C26H37NO3S/c1-3-5-6-7-8-9-12-21-15-17-22(18-16-21)13-10-11-14-24(28)26-27-23(20-31-26)19-25(29)30-4-2/h15-18,20H,3-14,19H2,1-2H3. The number of hydrogen-bond acceptors (Lipinski definition) is 5. The van der Waals surface area contributed by atoms with Gasteiger partial charge in [0.1, 0.15) is 0 Å². The Morgan fingerprint density at radius 3 is 2.13 bits per heavy atom. The highest BCUT2D eigenvalue weighted by Crippen LogP contribution is 2.16. The second kappa shape index (κ2) is 14.9. The number of ether oxygens (including phenoxy) is 1. The highest BCUT2D eigenvalue weighted by atomic mass is 32.1. The van der Waals surface area contributed by atoms with Crippen molar-refractivity contribution in [1.29, 1.82) is 0 Å². The molecule has 1 heterocycles. The van der Waals surface area contributed by atoms with Crippen molar-refractivity contribution in [3.8, 4) is 0 Å². The Morgan fingerprint density at radius 2 is 1.48 bits per heavy atom. The van der Waals surface area contributed by atoms with Crippen LogP contribution in [0.4, 0.5) is 0 Å². The van der Waals surface area contributed by atoms with Gasteiger partial charge in [-0.3, -0.25) is 9.59 Å². The number of aromatic nitrogens is 1. The Kier molecular flexibility index (Phi) is 12.1. The average Bonchev–Trinajstić information content (AvgIpc) is 3.23. The summed E-state index contributed by atoms with van der Waals surface area (Å²) in [5, 5.41) is 2.27. The number of esters is 1. The molecule has 0 amide bonds. The number of aryl methyl sites for hydroxylation is 2. The minimum absolute atomic E-state index is 0.0643. The average molecular weight is 444 g/mol. The lowest BCUT2D eigenvalue weighted by Gasteiger charge is -2.05. The SMILES string of the molecule is CCCCCCCCc1ccc(CCCCC(=O)c2nc(CC(=O)OCC)cs2)cc1.